The molecule has 0 radical (unpaired) electrons. The maximum absolute atomic E-state index is 13.0. The van der Waals surface area contributed by atoms with Gasteiger partial charge < -0.3 is 25.8 Å². The first-order valence-electron chi connectivity index (χ1n) is 10.3. The summed E-state index contributed by atoms with van der Waals surface area (Å²) < 4.78 is 11.3. The van der Waals surface area contributed by atoms with Gasteiger partial charge in [-0.3, -0.25) is 4.79 Å². The number of benzene rings is 2. The van der Waals surface area contributed by atoms with Crippen molar-refractivity contribution in [2.75, 3.05) is 37.4 Å². The van der Waals surface area contributed by atoms with E-state index in [9.17, 15) is 4.79 Å². The zero-order valence-electron chi connectivity index (χ0n) is 17.6. The molecule has 1 unspecified atom stereocenters. The number of nitrogens with two attached hydrogens (primary N) is 1. The normalized spacial score (nSPS) is 14.7. The fourth-order valence-electron chi connectivity index (χ4n) is 3.37. The van der Waals surface area contributed by atoms with Gasteiger partial charge in [-0.2, -0.15) is 0 Å². The van der Waals surface area contributed by atoms with E-state index in [2.05, 4.69) is 29.5 Å². The molecule has 8 heteroatoms. The van der Waals surface area contributed by atoms with Crippen LogP contribution in [0.4, 0.5) is 16.6 Å². The minimum absolute atomic E-state index is 0.130. The number of aromatic nitrogens is 1. The summed E-state index contributed by atoms with van der Waals surface area (Å²) in [5, 5.41) is 7.00. The summed E-state index contributed by atoms with van der Waals surface area (Å²) in [4.78, 5) is 17.8. The van der Waals surface area contributed by atoms with Crippen molar-refractivity contribution < 1.29 is 14.3 Å². The molecule has 4 rings (SSSR count). The molecule has 0 saturated carbocycles. The van der Waals surface area contributed by atoms with Gasteiger partial charge in [0.05, 0.1) is 6.61 Å². The largest absolute Gasteiger partial charge is 0.493 e. The molecule has 1 atom stereocenters. The molecule has 31 heavy (non-hydrogen) atoms. The van der Waals surface area contributed by atoms with E-state index in [1.165, 1.54) is 11.3 Å². The van der Waals surface area contributed by atoms with Crippen LogP contribution in [-0.4, -0.2) is 37.1 Å². The second kappa shape index (κ2) is 9.36. The van der Waals surface area contributed by atoms with Gasteiger partial charge in [0, 0.05) is 29.3 Å². The summed E-state index contributed by atoms with van der Waals surface area (Å²) in [6.45, 7) is 7.13. The Hall–Kier alpha value is -3.10. The van der Waals surface area contributed by atoms with Gasteiger partial charge in [-0.15, -0.1) is 0 Å². The Morgan fingerprint density at radius 2 is 2.10 bits per heavy atom. The molecule has 1 aromatic heterocycles. The molecular formula is C23H26N4O3S. The van der Waals surface area contributed by atoms with Gasteiger partial charge in [-0.1, -0.05) is 25.2 Å². The molecule has 0 bridgehead atoms. The van der Waals surface area contributed by atoms with E-state index in [-0.39, 0.29) is 17.5 Å². The van der Waals surface area contributed by atoms with Crippen LogP contribution in [0.15, 0.2) is 42.5 Å². The Kier molecular flexibility index (Phi) is 6.39. The molecule has 2 heterocycles. The van der Waals surface area contributed by atoms with Crippen LogP contribution in [0, 0.1) is 0 Å². The van der Waals surface area contributed by atoms with Gasteiger partial charge in [0.25, 0.3) is 0 Å². The van der Waals surface area contributed by atoms with Crippen molar-refractivity contribution >= 4 is 33.8 Å². The minimum atomic E-state index is -0.130. The third-order valence-corrected chi connectivity index (χ3v) is 6.04. The molecule has 0 amide bonds. The number of nitrogens with zero attached hydrogens (tertiary/aromatic N) is 1. The molecule has 162 valence electrons. The number of carbonyl (C=O) groups excluding carboxylic acids is 1. The molecule has 1 aliphatic rings. The molecule has 3 aromatic rings. The first-order valence-corrected chi connectivity index (χ1v) is 11.1. The lowest BCUT2D eigenvalue weighted by Crippen LogP contribution is -2.20. The van der Waals surface area contributed by atoms with Crippen molar-refractivity contribution in [2.24, 2.45) is 0 Å². The molecule has 0 saturated heterocycles. The molecule has 0 fully saturated rings. The molecule has 0 spiro atoms. The van der Waals surface area contributed by atoms with Crippen molar-refractivity contribution in [1.82, 2.24) is 10.3 Å². The summed E-state index contributed by atoms with van der Waals surface area (Å²) in [6.07, 6.45) is 0. The fourth-order valence-corrected chi connectivity index (χ4v) is 4.23. The van der Waals surface area contributed by atoms with Crippen molar-refractivity contribution in [3.8, 4) is 11.5 Å². The van der Waals surface area contributed by atoms with Crippen LogP contribution in [0.25, 0.3) is 0 Å². The number of rotatable bonds is 9. The van der Waals surface area contributed by atoms with E-state index in [1.807, 2.05) is 36.4 Å². The van der Waals surface area contributed by atoms with Crippen molar-refractivity contribution in [2.45, 2.75) is 19.8 Å². The first-order chi connectivity index (χ1) is 15.0. The minimum Gasteiger partial charge on any atom is -0.493 e. The number of hydrogen-bond acceptors (Lipinski definition) is 8. The Labute approximate surface area is 185 Å². The predicted molar refractivity (Wildman–Crippen MR) is 124 cm³/mol. The molecule has 0 aliphatic carbocycles. The summed E-state index contributed by atoms with van der Waals surface area (Å²) in [5.41, 5.74) is 8.56. The number of thiazole rings is 1. The van der Waals surface area contributed by atoms with E-state index in [0.29, 0.717) is 28.8 Å². The number of anilines is 3. The van der Waals surface area contributed by atoms with E-state index in [4.69, 9.17) is 15.2 Å². The van der Waals surface area contributed by atoms with Crippen molar-refractivity contribution in [3.63, 3.8) is 0 Å². The summed E-state index contributed by atoms with van der Waals surface area (Å²) in [6, 6.07) is 13.1. The van der Waals surface area contributed by atoms with Crippen LogP contribution in [0.1, 0.15) is 40.6 Å². The number of fused-ring (bicyclic) bond motifs is 1. The lowest BCUT2D eigenvalue weighted by molar-refractivity contribution is 0.104. The highest BCUT2D eigenvalue weighted by Crippen LogP contribution is 2.36. The third kappa shape index (κ3) is 4.81. The molecule has 2 aromatic carbocycles. The summed E-state index contributed by atoms with van der Waals surface area (Å²) in [5.74, 6) is 2.01. The Morgan fingerprint density at radius 1 is 1.29 bits per heavy atom. The van der Waals surface area contributed by atoms with Crippen LogP contribution in [0.5, 0.6) is 11.5 Å². The van der Waals surface area contributed by atoms with E-state index in [1.54, 1.807) is 6.07 Å². The van der Waals surface area contributed by atoms with E-state index in [0.717, 1.165) is 35.8 Å². The first kappa shape index (κ1) is 21.1. The van der Waals surface area contributed by atoms with E-state index >= 15 is 0 Å². The third-order valence-electron chi connectivity index (χ3n) is 5.05. The lowest BCUT2D eigenvalue weighted by atomic mass is 9.99. The maximum atomic E-state index is 13.0. The standard InChI is InChI=1S/C23H26N4O3S/c1-3-25-10-11-29-17-7-5-16(6-8-17)26-23-27-22(24)21(31-23)20(28)15-4-9-19-18(12-15)14(2)13-30-19/h4-9,12,14,25H,3,10-11,13,24H2,1-2H3,(H,26,27). The fraction of sp³-hybridized carbons (Fsp3) is 0.304. The number of carbonyl (C=O) groups is 1. The molecule has 7 nitrogen and oxygen atoms in total. The Balaban J connectivity index is 1.43. The number of ketones is 1. The highest BCUT2D eigenvalue weighted by Gasteiger charge is 2.24. The number of ether oxygens (including phenoxy) is 2. The smallest absolute Gasteiger partial charge is 0.206 e. The van der Waals surface area contributed by atoms with Gasteiger partial charge in [-0.05, 0) is 49.0 Å². The highest BCUT2D eigenvalue weighted by molar-refractivity contribution is 7.18. The average molecular weight is 439 g/mol. The average Bonchev–Trinajstić information content (AvgIpc) is 3.33. The van der Waals surface area contributed by atoms with Crippen LogP contribution >= 0.6 is 11.3 Å². The van der Waals surface area contributed by atoms with Gasteiger partial charge >= 0.3 is 0 Å². The van der Waals surface area contributed by atoms with Crippen LogP contribution in [0.3, 0.4) is 0 Å². The topological polar surface area (TPSA) is 98.5 Å². The second-order valence-electron chi connectivity index (χ2n) is 7.38. The van der Waals surface area contributed by atoms with Crippen LogP contribution in [-0.2, 0) is 0 Å². The zero-order chi connectivity index (χ0) is 21.8. The maximum Gasteiger partial charge on any atom is 0.206 e. The van der Waals surface area contributed by atoms with Gasteiger partial charge in [0.1, 0.15) is 28.8 Å². The molecular weight excluding hydrogens is 412 g/mol. The van der Waals surface area contributed by atoms with E-state index < -0.39 is 0 Å². The van der Waals surface area contributed by atoms with Gasteiger partial charge in [-0.25, -0.2) is 4.98 Å². The van der Waals surface area contributed by atoms with Crippen LogP contribution < -0.4 is 25.8 Å². The lowest BCUT2D eigenvalue weighted by Gasteiger charge is -2.08. The SMILES string of the molecule is CCNCCOc1ccc(Nc2nc(N)c(C(=O)c3ccc4c(c3)C(C)CO4)s2)cc1. The highest BCUT2D eigenvalue weighted by atomic mass is 32.1. The predicted octanol–water partition coefficient (Wildman–Crippen LogP) is 4.18. The van der Waals surface area contributed by atoms with Gasteiger partial charge in [0.2, 0.25) is 5.78 Å². The summed E-state index contributed by atoms with van der Waals surface area (Å²) >= 11 is 1.25. The monoisotopic (exact) mass is 438 g/mol. The Morgan fingerprint density at radius 3 is 2.87 bits per heavy atom. The Bertz CT molecular complexity index is 1070. The van der Waals surface area contributed by atoms with Crippen molar-refractivity contribution in [3.05, 3.63) is 58.5 Å². The van der Waals surface area contributed by atoms with Crippen molar-refractivity contribution in [1.29, 1.82) is 0 Å². The van der Waals surface area contributed by atoms with Crippen LogP contribution in [0.2, 0.25) is 0 Å². The number of nitrogen functional groups attached to an aromatic ring is 1. The number of likely N-dealkylation sites (N-methyl/N-ethyl adjacent to an activating group) is 1. The zero-order valence-corrected chi connectivity index (χ0v) is 18.4. The van der Waals surface area contributed by atoms with Gasteiger partial charge in [0.15, 0.2) is 5.13 Å². The summed E-state index contributed by atoms with van der Waals surface area (Å²) in [7, 11) is 0. The number of nitrogens with one attached hydrogen (secondary N) is 2. The number of hydrogen-bond donors (Lipinski definition) is 3. The molecule has 1 aliphatic heterocycles. The molecule has 4 N–H and O–H groups in total. The second-order valence-corrected chi connectivity index (χ2v) is 8.38. The quantitative estimate of drug-likeness (QED) is 0.340.